The van der Waals surface area contributed by atoms with Crippen molar-refractivity contribution in [2.24, 2.45) is 11.7 Å². The molecule has 1 atom stereocenters. The lowest BCUT2D eigenvalue weighted by Crippen LogP contribution is -2.43. The van der Waals surface area contributed by atoms with Crippen molar-refractivity contribution in [2.45, 2.75) is 12.8 Å². The van der Waals surface area contributed by atoms with Gasteiger partial charge in [0, 0.05) is 31.9 Å². The molecule has 1 heterocycles. The molecule has 142 valence electrons. The molecule has 3 rings (SSSR count). The molecule has 1 aliphatic rings. The Morgan fingerprint density at radius 1 is 1.11 bits per heavy atom. The van der Waals surface area contributed by atoms with E-state index in [0.29, 0.717) is 38.3 Å². The fraction of sp³-hybridized carbons (Fsp3) is 0.333. The minimum absolute atomic E-state index is 0.175. The minimum Gasteiger partial charge on any atom is -0.340 e. The molecule has 27 heavy (non-hydrogen) atoms. The summed E-state index contributed by atoms with van der Waals surface area (Å²) in [6, 6.07) is 15.7. The predicted octanol–water partition coefficient (Wildman–Crippen LogP) is 2.21. The summed E-state index contributed by atoms with van der Waals surface area (Å²) in [6.45, 7) is 1.76. The zero-order valence-corrected chi connectivity index (χ0v) is 15.2. The van der Waals surface area contributed by atoms with Gasteiger partial charge in [-0.1, -0.05) is 30.3 Å². The average molecular weight is 369 g/mol. The van der Waals surface area contributed by atoms with Crippen LogP contribution in [0.3, 0.4) is 0 Å². The number of anilines is 1. The molecule has 0 saturated carbocycles. The molecule has 6 heteroatoms. The highest BCUT2D eigenvalue weighted by molar-refractivity contribution is 6.09. The van der Waals surface area contributed by atoms with Gasteiger partial charge in [-0.25, -0.2) is 4.39 Å². The van der Waals surface area contributed by atoms with E-state index in [1.165, 1.54) is 12.1 Å². The summed E-state index contributed by atoms with van der Waals surface area (Å²) in [5.41, 5.74) is 7.43. The third-order valence-corrected chi connectivity index (χ3v) is 4.87. The van der Waals surface area contributed by atoms with Crippen LogP contribution in [0.5, 0.6) is 0 Å². The van der Waals surface area contributed by atoms with Crippen molar-refractivity contribution in [3.8, 4) is 0 Å². The second kappa shape index (κ2) is 8.77. The van der Waals surface area contributed by atoms with E-state index in [0.717, 1.165) is 12.0 Å². The smallest absolute Gasteiger partial charge is 0.239 e. The van der Waals surface area contributed by atoms with Crippen LogP contribution in [-0.2, 0) is 16.0 Å². The van der Waals surface area contributed by atoms with E-state index in [1.807, 2.05) is 30.3 Å². The average Bonchev–Trinajstić information content (AvgIpc) is 3.07. The van der Waals surface area contributed by atoms with Gasteiger partial charge in [-0.15, -0.1) is 0 Å². The van der Waals surface area contributed by atoms with Crippen molar-refractivity contribution in [1.29, 1.82) is 0 Å². The lowest BCUT2D eigenvalue weighted by molar-refractivity contribution is -0.139. The van der Waals surface area contributed by atoms with Gasteiger partial charge in [-0.05, 0) is 42.7 Å². The SMILES string of the molecule is NCCN(CCc1ccccc1)C(=O)C1CCN(c2ccc(F)cc2)C1=O. The molecule has 1 fully saturated rings. The number of carbonyl (C=O) groups is 2. The van der Waals surface area contributed by atoms with Crippen LogP contribution < -0.4 is 10.6 Å². The highest BCUT2D eigenvalue weighted by Crippen LogP contribution is 2.26. The minimum atomic E-state index is -0.697. The Morgan fingerprint density at radius 2 is 1.81 bits per heavy atom. The molecule has 2 N–H and O–H groups in total. The van der Waals surface area contributed by atoms with E-state index in [-0.39, 0.29) is 17.6 Å². The summed E-state index contributed by atoms with van der Waals surface area (Å²) in [7, 11) is 0. The standard InChI is InChI=1S/C21H24FN3O2/c22-17-6-8-18(9-7-17)25-14-11-19(21(25)27)20(26)24(15-12-23)13-10-16-4-2-1-3-5-16/h1-9,19H,10-15,23H2. The Bertz CT molecular complexity index is 780. The van der Waals surface area contributed by atoms with Crippen molar-refractivity contribution in [2.75, 3.05) is 31.1 Å². The fourth-order valence-electron chi connectivity index (χ4n) is 3.40. The van der Waals surface area contributed by atoms with Crippen LogP contribution in [0.4, 0.5) is 10.1 Å². The van der Waals surface area contributed by atoms with E-state index in [1.54, 1.807) is 21.9 Å². The number of benzene rings is 2. The molecule has 0 aromatic heterocycles. The third kappa shape index (κ3) is 4.52. The molecule has 0 radical (unpaired) electrons. The van der Waals surface area contributed by atoms with E-state index in [2.05, 4.69) is 0 Å². The Morgan fingerprint density at radius 3 is 2.48 bits per heavy atom. The van der Waals surface area contributed by atoms with Gasteiger partial charge in [0.05, 0.1) is 0 Å². The second-order valence-electron chi connectivity index (χ2n) is 6.66. The van der Waals surface area contributed by atoms with Crippen molar-refractivity contribution >= 4 is 17.5 Å². The maximum atomic E-state index is 13.1. The van der Waals surface area contributed by atoms with Crippen LogP contribution in [0.15, 0.2) is 54.6 Å². The normalized spacial score (nSPS) is 16.6. The Hall–Kier alpha value is -2.73. The Kier molecular flexibility index (Phi) is 6.19. The summed E-state index contributed by atoms with van der Waals surface area (Å²) in [5, 5.41) is 0. The number of hydrogen-bond donors (Lipinski definition) is 1. The van der Waals surface area contributed by atoms with E-state index in [9.17, 15) is 14.0 Å². The van der Waals surface area contributed by atoms with Crippen molar-refractivity contribution in [3.63, 3.8) is 0 Å². The number of hydrogen-bond acceptors (Lipinski definition) is 3. The zero-order chi connectivity index (χ0) is 19.2. The molecular formula is C21H24FN3O2. The molecule has 5 nitrogen and oxygen atoms in total. The first kappa shape index (κ1) is 19.0. The maximum Gasteiger partial charge on any atom is 0.239 e. The lowest BCUT2D eigenvalue weighted by atomic mass is 10.1. The van der Waals surface area contributed by atoms with Gasteiger partial charge in [0.1, 0.15) is 11.7 Å². The van der Waals surface area contributed by atoms with Gasteiger partial charge in [-0.3, -0.25) is 9.59 Å². The first-order valence-electron chi connectivity index (χ1n) is 9.20. The summed E-state index contributed by atoms with van der Waals surface area (Å²) in [5.74, 6) is -1.45. The molecule has 0 spiro atoms. The molecule has 2 aromatic carbocycles. The monoisotopic (exact) mass is 369 g/mol. The summed E-state index contributed by atoms with van der Waals surface area (Å²) < 4.78 is 13.1. The fourth-order valence-corrected chi connectivity index (χ4v) is 3.40. The lowest BCUT2D eigenvalue weighted by Gasteiger charge is -2.25. The predicted molar refractivity (Wildman–Crippen MR) is 103 cm³/mol. The van der Waals surface area contributed by atoms with E-state index < -0.39 is 5.92 Å². The zero-order valence-electron chi connectivity index (χ0n) is 15.2. The van der Waals surface area contributed by atoms with Crippen LogP contribution in [0.1, 0.15) is 12.0 Å². The summed E-state index contributed by atoms with van der Waals surface area (Å²) in [4.78, 5) is 29.0. The largest absolute Gasteiger partial charge is 0.340 e. The highest BCUT2D eigenvalue weighted by Gasteiger charge is 2.39. The first-order valence-corrected chi connectivity index (χ1v) is 9.20. The molecule has 1 aliphatic heterocycles. The van der Waals surface area contributed by atoms with Gasteiger partial charge in [0.15, 0.2) is 0 Å². The van der Waals surface area contributed by atoms with Gasteiger partial charge in [0.2, 0.25) is 11.8 Å². The highest BCUT2D eigenvalue weighted by atomic mass is 19.1. The van der Waals surface area contributed by atoms with Crippen LogP contribution in [0.2, 0.25) is 0 Å². The van der Waals surface area contributed by atoms with Crippen molar-refractivity contribution in [1.82, 2.24) is 4.90 Å². The second-order valence-corrected chi connectivity index (χ2v) is 6.66. The van der Waals surface area contributed by atoms with Crippen molar-refractivity contribution < 1.29 is 14.0 Å². The Balaban J connectivity index is 1.66. The van der Waals surface area contributed by atoms with Gasteiger partial charge < -0.3 is 15.5 Å². The van der Waals surface area contributed by atoms with Gasteiger partial charge in [-0.2, -0.15) is 0 Å². The number of nitrogens with two attached hydrogens (primary N) is 1. The number of amides is 2. The number of carbonyl (C=O) groups excluding carboxylic acids is 2. The first-order chi connectivity index (χ1) is 13.1. The summed E-state index contributed by atoms with van der Waals surface area (Å²) >= 11 is 0. The molecule has 0 aliphatic carbocycles. The molecule has 2 amide bonds. The van der Waals surface area contributed by atoms with Crippen molar-refractivity contribution in [3.05, 3.63) is 66.0 Å². The molecule has 1 unspecified atom stereocenters. The van der Waals surface area contributed by atoms with E-state index >= 15 is 0 Å². The van der Waals surface area contributed by atoms with Crippen LogP contribution in [-0.4, -0.2) is 42.9 Å². The number of nitrogens with zero attached hydrogens (tertiary/aromatic N) is 2. The molecule has 1 saturated heterocycles. The quantitative estimate of drug-likeness (QED) is 0.761. The topological polar surface area (TPSA) is 66.6 Å². The maximum absolute atomic E-state index is 13.1. The molecule has 0 bridgehead atoms. The van der Waals surface area contributed by atoms with Gasteiger partial charge in [0.25, 0.3) is 0 Å². The number of halogens is 1. The van der Waals surface area contributed by atoms with Crippen LogP contribution >= 0.6 is 0 Å². The summed E-state index contributed by atoms with van der Waals surface area (Å²) in [6.07, 6.45) is 1.18. The van der Waals surface area contributed by atoms with E-state index in [4.69, 9.17) is 5.73 Å². The van der Waals surface area contributed by atoms with Crippen LogP contribution in [0.25, 0.3) is 0 Å². The molecule has 2 aromatic rings. The third-order valence-electron chi connectivity index (χ3n) is 4.87. The van der Waals surface area contributed by atoms with Crippen LogP contribution in [0, 0.1) is 11.7 Å². The number of rotatable bonds is 7. The molecular weight excluding hydrogens is 345 g/mol. The van der Waals surface area contributed by atoms with Gasteiger partial charge >= 0.3 is 0 Å². The Labute approximate surface area is 158 Å².